The second-order valence-electron chi connectivity index (χ2n) is 3.98. The van der Waals surface area contributed by atoms with Crippen LogP contribution in [0.3, 0.4) is 0 Å². The lowest BCUT2D eigenvalue weighted by molar-refractivity contribution is 0.240. The molecule has 14 heavy (non-hydrogen) atoms. The average molecular weight is 191 g/mol. The molecule has 0 aromatic rings. The third-order valence-electron chi connectivity index (χ3n) is 2.86. The summed E-state index contributed by atoms with van der Waals surface area (Å²) >= 11 is 0. The first-order valence-corrected chi connectivity index (χ1v) is 5.41. The highest BCUT2D eigenvalue weighted by Crippen LogP contribution is 2.24. The van der Waals surface area contributed by atoms with Crippen molar-refractivity contribution in [1.29, 1.82) is 0 Å². The number of allylic oxidation sites excluding steroid dienone is 5. The van der Waals surface area contributed by atoms with Gasteiger partial charge in [-0.15, -0.1) is 0 Å². The second kappa shape index (κ2) is 5.82. The summed E-state index contributed by atoms with van der Waals surface area (Å²) in [6, 6.07) is 0. The SMILES string of the molecule is C=C/C=C(\C=C/C)C1CCN(C)CC1. The van der Waals surface area contributed by atoms with Crippen LogP contribution in [0, 0.1) is 5.92 Å². The number of piperidine rings is 1. The van der Waals surface area contributed by atoms with Crippen molar-refractivity contribution in [2.45, 2.75) is 19.8 Å². The van der Waals surface area contributed by atoms with Gasteiger partial charge in [-0.1, -0.05) is 30.9 Å². The molecule has 0 atom stereocenters. The Morgan fingerprint density at radius 1 is 1.36 bits per heavy atom. The molecule has 1 fully saturated rings. The third-order valence-corrected chi connectivity index (χ3v) is 2.86. The summed E-state index contributed by atoms with van der Waals surface area (Å²) in [6.45, 7) is 8.29. The molecule has 1 heterocycles. The van der Waals surface area contributed by atoms with Crippen LogP contribution >= 0.6 is 0 Å². The Balaban J connectivity index is 2.61. The Kier molecular flexibility index (Phi) is 4.68. The van der Waals surface area contributed by atoms with Gasteiger partial charge in [-0.25, -0.2) is 0 Å². The van der Waals surface area contributed by atoms with Crippen LogP contribution in [0.4, 0.5) is 0 Å². The van der Waals surface area contributed by atoms with Crippen molar-refractivity contribution in [3.8, 4) is 0 Å². The van der Waals surface area contributed by atoms with Crippen molar-refractivity contribution in [3.05, 3.63) is 36.5 Å². The van der Waals surface area contributed by atoms with Crippen molar-refractivity contribution >= 4 is 0 Å². The van der Waals surface area contributed by atoms with Crippen LogP contribution in [-0.2, 0) is 0 Å². The van der Waals surface area contributed by atoms with Crippen LogP contribution in [0.15, 0.2) is 36.5 Å². The molecule has 0 unspecified atom stereocenters. The van der Waals surface area contributed by atoms with Gasteiger partial charge < -0.3 is 4.90 Å². The molecule has 1 aliphatic heterocycles. The minimum Gasteiger partial charge on any atom is -0.306 e. The Bertz CT molecular complexity index is 230. The summed E-state index contributed by atoms with van der Waals surface area (Å²) in [7, 11) is 2.20. The van der Waals surface area contributed by atoms with Crippen molar-refractivity contribution in [2.75, 3.05) is 20.1 Å². The molecule has 1 nitrogen and oxygen atoms in total. The summed E-state index contributed by atoms with van der Waals surface area (Å²) in [4.78, 5) is 2.40. The number of hydrogen-bond acceptors (Lipinski definition) is 1. The van der Waals surface area contributed by atoms with Crippen molar-refractivity contribution in [1.82, 2.24) is 4.90 Å². The molecule has 0 bridgehead atoms. The fraction of sp³-hybridized carbons (Fsp3) is 0.538. The van der Waals surface area contributed by atoms with E-state index in [0.717, 1.165) is 5.92 Å². The van der Waals surface area contributed by atoms with Gasteiger partial charge in [0.1, 0.15) is 0 Å². The zero-order valence-electron chi connectivity index (χ0n) is 9.37. The number of likely N-dealkylation sites (tertiary alicyclic amines) is 1. The number of rotatable bonds is 3. The molecular formula is C13H21N. The molecule has 0 spiro atoms. The summed E-state index contributed by atoms with van der Waals surface area (Å²) in [5.41, 5.74) is 1.44. The second-order valence-corrected chi connectivity index (χ2v) is 3.98. The molecule has 1 heteroatoms. The third kappa shape index (κ3) is 3.15. The maximum atomic E-state index is 3.77. The van der Waals surface area contributed by atoms with Crippen molar-refractivity contribution < 1.29 is 0 Å². The lowest BCUT2D eigenvalue weighted by Gasteiger charge is -2.29. The van der Waals surface area contributed by atoms with Gasteiger partial charge >= 0.3 is 0 Å². The van der Waals surface area contributed by atoms with Gasteiger partial charge in [-0.05, 0) is 51.4 Å². The summed E-state index contributed by atoms with van der Waals surface area (Å²) < 4.78 is 0. The lowest BCUT2D eigenvalue weighted by atomic mass is 9.88. The van der Waals surface area contributed by atoms with E-state index in [-0.39, 0.29) is 0 Å². The maximum Gasteiger partial charge on any atom is -0.00159 e. The molecule has 0 aromatic carbocycles. The van der Waals surface area contributed by atoms with Gasteiger partial charge in [0, 0.05) is 0 Å². The van der Waals surface area contributed by atoms with E-state index in [2.05, 4.69) is 43.7 Å². The minimum absolute atomic E-state index is 0.736. The smallest absolute Gasteiger partial charge is 0.00159 e. The normalized spacial score (nSPS) is 21.7. The highest BCUT2D eigenvalue weighted by molar-refractivity contribution is 5.25. The fourth-order valence-corrected chi connectivity index (χ4v) is 2.00. The Hall–Kier alpha value is -0.820. The number of hydrogen-bond donors (Lipinski definition) is 0. The molecule has 1 aliphatic rings. The maximum absolute atomic E-state index is 3.77. The van der Waals surface area contributed by atoms with Gasteiger partial charge in [0.05, 0.1) is 0 Å². The molecule has 0 aromatic heterocycles. The monoisotopic (exact) mass is 191 g/mol. The van der Waals surface area contributed by atoms with E-state index >= 15 is 0 Å². The van der Waals surface area contributed by atoms with E-state index in [1.54, 1.807) is 0 Å². The predicted octanol–water partition coefficient (Wildman–Crippen LogP) is 3.02. The molecule has 0 N–H and O–H groups in total. The van der Waals surface area contributed by atoms with Crippen molar-refractivity contribution in [3.63, 3.8) is 0 Å². The highest BCUT2D eigenvalue weighted by Gasteiger charge is 2.18. The zero-order valence-corrected chi connectivity index (χ0v) is 9.37. The molecule has 78 valence electrons. The zero-order chi connectivity index (χ0) is 10.4. The molecule has 0 amide bonds. The highest BCUT2D eigenvalue weighted by atomic mass is 15.1. The van der Waals surface area contributed by atoms with Gasteiger partial charge in [-0.3, -0.25) is 0 Å². The quantitative estimate of drug-likeness (QED) is 0.620. The van der Waals surface area contributed by atoms with E-state index < -0.39 is 0 Å². The molecule has 0 aliphatic carbocycles. The predicted molar refractivity (Wildman–Crippen MR) is 63.3 cm³/mol. The van der Waals surface area contributed by atoms with Crippen LogP contribution in [0.25, 0.3) is 0 Å². The van der Waals surface area contributed by atoms with Gasteiger partial charge in [-0.2, -0.15) is 0 Å². The van der Waals surface area contributed by atoms with Crippen molar-refractivity contribution in [2.24, 2.45) is 5.92 Å². The van der Waals surface area contributed by atoms with E-state index in [0.29, 0.717) is 0 Å². The minimum atomic E-state index is 0.736. The summed E-state index contributed by atoms with van der Waals surface area (Å²) in [5, 5.41) is 0. The Morgan fingerprint density at radius 3 is 2.50 bits per heavy atom. The molecule has 0 saturated carbocycles. The topological polar surface area (TPSA) is 3.24 Å². The molecule has 1 saturated heterocycles. The van der Waals surface area contributed by atoms with E-state index in [9.17, 15) is 0 Å². The fourth-order valence-electron chi connectivity index (χ4n) is 2.00. The van der Waals surface area contributed by atoms with Crippen LogP contribution in [0.1, 0.15) is 19.8 Å². The van der Waals surface area contributed by atoms with Crippen LogP contribution in [-0.4, -0.2) is 25.0 Å². The lowest BCUT2D eigenvalue weighted by Crippen LogP contribution is -2.30. The van der Waals surface area contributed by atoms with Crippen LogP contribution < -0.4 is 0 Å². The largest absolute Gasteiger partial charge is 0.306 e. The van der Waals surface area contributed by atoms with Gasteiger partial charge in [0.15, 0.2) is 0 Å². The first kappa shape index (κ1) is 11.3. The van der Waals surface area contributed by atoms with Crippen LogP contribution in [0.5, 0.6) is 0 Å². The Labute approximate surface area is 87.8 Å². The molecule has 0 radical (unpaired) electrons. The Morgan fingerprint density at radius 2 is 2.00 bits per heavy atom. The van der Waals surface area contributed by atoms with Gasteiger partial charge in [0.2, 0.25) is 0 Å². The summed E-state index contributed by atoms with van der Waals surface area (Å²) in [6.07, 6.45) is 10.9. The van der Waals surface area contributed by atoms with E-state index in [1.807, 2.05) is 6.08 Å². The molecule has 1 rings (SSSR count). The van der Waals surface area contributed by atoms with Crippen LogP contribution in [0.2, 0.25) is 0 Å². The van der Waals surface area contributed by atoms with Gasteiger partial charge in [0.25, 0.3) is 0 Å². The van der Waals surface area contributed by atoms with E-state index in [4.69, 9.17) is 0 Å². The first-order chi connectivity index (χ1) is 6.77. The first-order valence-electron chi connectivity index (χ1n) is 5.41. The summed E-state index contributed by atoms with van der Waals surface area (Å²) in [5.74, 6) is 0.736. The number of nitrogens with zero attached hydrogens (tertiary/aromatic N) is 1. The standard InChI is InChI=1S/C13H21N/c1-4-6-12(7-5-2)13-8-10-14(3)11-9-13/h4-7,13H,1,8-11H2,2-3H3/b7-5-,12-6+. The molecular weight excluding hydrogens is 170 g/mol. The van der Waals surface area contributed by atoms with E-state index in [1.165, 1.54) is 31.5 Å². The average Bonchev–Trinajstić information content (AvgIpc) is 2.19.